The minimum atomic E-state index is -0.387. The molecule has 3 atom stereocenters. The molecule has 1 fully saturated rings. The molecule has 0 aromatic carbocycles. The molecule has 0 amide bonds. The van der Waals surface area contributed by atoms with Crippen molar-refractivity contribution in [3.8, 4) is 0 Å². The SMILES string of the molecule is C[C@]12C[C@@H](CO)C=C[C@H]1COC2=O. The second-order valence-electron chi connectivity index (χ2n) is 4.15. The fourth-order valence-electron chi connectivity index (χ4n) is 2.20. The first-order valence-corrected chi connectivity index (χ1v) is 4.63. The Balaban J connectivity index is 2.25. The van der Waals surface area contributed by atoms with E-state index in [9.17, 15) is 4.79 Å². The van der Waals surface area contributed by atoms with Crippen LogP contribution in [0.3, 0.4) is 0 Å². The lowest BCUT2D eigenvalue weighted by atomic mass is 9.69. The maximum atomic E-state index is 11.5. The normalized spacial score (nSPS) is 43.1. The molecule has 2 aliphatic rings. The van der Waals surface area contributed by atoms with Crippen LogP contribution in [0, 0.1) is 17.3 Å². The molecule has 0 unspecified atom stereocenters. The van der Waals surface area contributed by atoms with Crippen LogP contribution in [0.4, 0.5) is 0 Å². The Bertz CT molecular complexity index is 259. The van der Waals surface area contributed by atoms with E-state index in [1.54, 1.807) is 0 Å². The lowest BCUT2D eigenvalue weighted by Crippen LogP contribution is -2.34. The van der Waals surface area contributed by atoms with E-state index in [1.165, 1.54) is 0 Å². The molecule has 0 radical (unpaired) electrons. The topological polar surface area (TPSA) is 46.5 Å². The van der Waals surface area contributed by atoms with E-state index in [4.69, 9.17) is 9.84 Å². The minimum Gasteiger partial charge on any atom is -0.465 e. The summed E-state index contributed by atoms with van der Waals surface area (Å²) in [6.07, 6.45) is 4.72. The average molecular weight is 182 g/mol. The molecule has 1 aliphatic carbocycles. The van der Waals surface area contributed by atoms with Crippen molar-refractivity contribution < 1.29 is 14.6 Å². The van der Waals surface area contributed by atoms with E-state index < -0.39 is 0 Å². The Labute approximate surface area is 77.4 Å². The smallest absolute Gasteiger partial charge is 0.312 e. The van der Waals surface area contributed by atoms with Crippen LogP contribution in [0.2, 0.25) is 0 Å². The van der Waals surface area contributed by atoms with E-state index >= 15 is 0 Å². The van der Waals surface area contributed by atoms with Gasteiger partial charge in [-0.3, -0.25) is 4.79 Å². The van der Waals surface area contributed by atoms with Crippen LogP contribution in [0.15, 0.2) is 12.2 Å². The Hall–Kier alpha value is -0.830. The highest BCUT2D eigenvalue weighted by atomic mass is 16.5. The summed E-state index contributed by atoms with van der Waals surface area (Å²) in [6.45, 7) is 2.55. The van der Waals surface area contributed by atoms with Gasteiger partial charge in [0.15, 0.2) is 0 Å². The van der Waals surface area contributed by atoms with Gasteiger partial charge >= 0.3 is 5.97 Å². The first-order valence-electron chi connectivity index (χ1n) is 4.63. The third kappa shape index (κ3) is 1.18. The molecule has 3 heteroatoms. The van der Waals surface area contributed by atoms with Crippen LogP contribution in [-0.4, -0.2) is 24.3 Å². The van der Waals surface area contributed by atoms with Gasteiger partial charge in [0.1, 0.15) is 0 Å². The van der Waals surface area contributed by atoms with Crippen LogP contribution in [-0.2, 0) is 9.53 Å². The molecule has 1 saturated heterocycles. The summed E-state index contributed by atoms with van der Waals surface area (Å²) < 4.78 is 5.02. The van der Waals surface area contributed by atoms with Gasteiger partial charge in [-0.25, -0.2) is 0 Å². The zero-order valence-electron chi connectivity index (χ0n) is 7.69. The van der Waals surface area contributed by atoms with Crippen molar-refractivity contribution in [1.29, 1.82) is 0 Å². The maximum absolute atomic E-state index is 11.5. The van der Waals surface area contributed by atoms with Gasteiger partial charge in [-0.05, 0) is 13.3 Å². The molecule has 0 spiro atoms. The van der Waals surface area contributed by atoms with E-state index in [0.717, 1.165) is 0 Å². The summed E-state index contributed by atoms with van der Waals surface area (Å²) in [5, 5.41) is 9.01. The largest absolute Gasteiger partial charge is 0.465 e. The van der Waals surface area contributed by atoms with Crippen molar-refractivity contribution in [1.82, 2.24) is 0 Å². The van der Waals surface area contributed by atoms with E-state index in [0.29, 0.717) is 13.0 Å². The van der Waals surface area contributed by atoms with Crippen molar-refractivity contribution in [2.75, 3.05) is 13.2 Å². The van der Waals surface area contributed by atoms with E-state index in [2.05, 4.69) is 0 Å². The molecule has 0 aromatic heterocycles. The first kappa shape index (κ1) is 8.75. The number of esters is 1. The minimum absolute atomic E-state index is 0.111. The number of ether oxygens (including phenoxy) is 1. The van der Waals surface area contributed by atoms with E-state index in [-0.39, 0.29) is 29.8 Å². The molecule has 13 heavy (non-hydrogen) atoms. The van der Waals surface area contributed by atoms with Crippen molar-refractivity contribution >= 4 is 5.97 Å². The van der Waals surface area contributed by atoms with Crippen molar-refractivity contribution in [2.45, 2.75) is 13.3 Å². The summed E-state index contributed by atoms with van der Waals surface area (Å²) in [4.78, 5) is 11.5. The molecule has 3 nitrogen and oxygen atoms in total. The zero-order valence-corrected chi connectivity index (χ0v) is 7.69. The Morgan fingerprint density at radius 1 is 1.69 bits per heavy atom. The number of hydrogen-bond donors (Lipinski definition) is 1. The second-order valence-corrected chi connectivity index (χ2v) is 4.15. The van der Waals surface area contributed by atoms with Gasteiger partial charge in [0.05, 0.1) is 12.0 Å². The number of hydrogen-bond acceptors (Lipinski definition) is 3. The van der Waals surface area contributed by atoms with Crippen LogP contribution in [0.5, 0.6) is 0 Å². The molecular weight excluding hydrogens is 168 g/mol. The van der Waals surface area contributed by atoms with Gasteiger partial charge in [-0.1, -0.05) is 12.2 Å². The molecule has 0 bridgehead atoms. The fourth-order valence-corrected chi connectivity index (χ4v) is 2.20. The number of cyclic esters (lactones) is 1. The Morgan fingerprint density at radius 2 is 2.46 bits per heavy atom. The standard InChI is InChI=1S/C10H14O3/c1-10-4-7(5-11)2-3-8(10)6-13-9(10)12/h2-3,7-8,11H,4-6H2,1H3/t7-,8-,10-/m0/s1. The van der Waals surface area contributed by atoms with Crippen LogP contribution < -0.4 is 0 Å². The van der Waals surface area contributed by atoms with Crippen LogP contribution in [0.1, 0.15) is 13.3 Å². The van der Waals surface area contributed by atoms with Gasteiger partial charge in [0, 0.05) is 18.4 Å². The van der Waals surface area contributed by atoms with Gasteiger partial charge in [0.2, 0.25) is 0 Å². The highest BCUT2D eigenvalue weighted by Gasteiger charge is 2.49. The molecule has 0 saturated carbocycles. The lowest BCUT2D eigenvalue weighted by molar-refractivity contribution is -0.146. The summed E-state index contributed by atoms with van der Waals surface area (Å²) in [5.74, 6) is 0.218. The molecule has 2 rings (SSSR count). The third-order valence-corrected chi connectivity index (χ3v) is 3.21. The number of fused-ring (bicyclic) bond motifs is 1. The van der Waals surface area contributed by atoms with Gasteiger partial charge < -0.3 is 9.84 Å². The average Bonchev–Trinajstić information content (AvgIpc) is 2.42. The Morgan fingerprint density at radius 3 is 3.15 bits per heavy atom. The van der Waals surface area contributed by atoms with Gasteiger partial charge in [-0.15, -0.1) is 0 Å². The predicted octanol–water partition coefficient (Wildman–Crippen LogP) is 0.734. The first-order chi connectivity index (χ1) is 6.16. The predicted molar refractivity (Wildman–Crippen MR) is 46.9 cm³/mol. The fraction of sp³-hybridized carbons (Fsp3) is 0.700. The molecule has 72 valence electrons. The molecule has 1 aliphatic heterocycles. The quantitative estimate of drug-likeness (QED) is 0.480. The van der Waals surface area contributed by atoms with Crippen molar-refractivity contribution in [3.63, 3.8) is 0 Å². The van der Waals surface area contributed by atoms with Crippen LogP contribution >= 0.6 is 0 Å². The summed E-state index contributed by atoms with van der Waals surface area (Å²) in [6, 6.07) is 0. The second kappa shape index (κ2) is 2.84. The molecule has 1 N–H and O–H groups in total. The number of carbonyl (C=O) groups is 1. The van der Waals surface area contributed by atoms with Gasteiger partial charge in [-0.2, -0.15) is 0 Å². The Kier molecular flexibility index (Phi) is 1.91. The van der Waals surface area contributed by atoms with Crippen LogP contribution in [0.25, 0.3) is 0 Å². The molecular formula is C10H14O3. The summed E-state index contributed by atoms with van der Waals surface area (Å²) in [5.41, 5.74) is -0.387. The zero-order chi connectivity index (χ0) is 9.47. The monoisotopic (exact) mass is 182 g/mol. The van der Waals surface area contributed by atoms with Crippen molar-refractivity contribution in [3.05, 3.63) is 12.2 Å². The van der Waals surface area contributed by atoms with Crippen molar-refractivity contribution in [2.24, 2.45) is 17.3 Å². The summed E-state index contributed by atoms with van der Waals surface area (Å²) >= 11 is 0. The van der Waals surface area contributed by atoms with E-state index in [1.807, 2.05) is 19.1 Å². The summed E-state index contributed by atoms with van der Waals surface area (Å²) in [7, 11) is 0. The lowest BCUT2D eigenvalue weighted by Gasteiger charge is -2.31. The maximum Gasteiger partial charge on any atom is 0.312 e. The van der Waals surface area contributed by atoms with Gasteiger partial charge in [0.25, 0.3) is 0 Å². The third-order valence-electron chi connectivity index (χ3n) is 3.21. The number of aliphatic hydroxyl groups excluding tert-OH is 1. The number of aliphatic hydroxyl groups is 1. The highest BCUT2D eigenvalue weighted by Crippen LogP contribution is 2.44. The highest BCUT2D eigenvalue weighted by molar-refractivity contribution is 5.79. The number of carbonyl (C=O) groups excluding carboxylic acids is 1. The molecule has 0 aromatic rings. The number of rotatable bonds is 1. The molecule has 1 heterocycles.